The minimum atomic E-state index is -0.791. The van der Waals surface area contributed by atoms with Crippen molar-refractivity contribution in [2.75, 3.05) is 6.54 Å². The van der Waals surface area contributed by atoms with E-state index in [-0.39, 0.29) is 48.2 Å². The van der Waals surface area contributed by atoms with Gasteiger partial charge >= 0.3 is 13.1 Å². The Morgan fingerprint density at radius 2 is 1.93 bits per heavy atom. The molecule has 3 aliphatic carbocycles. The van der Waals surface area contributed by atoms with Crippen molar-refractivity contribution >= 4 is 25.0 Å². The molecule has 226 valence electrons. The second-order valence-corrected chi connectivity index (χ2v) is 13.8. The van der Waals surface area contributed by atoms with Crippen LogP contribution >= 0.6 is 0 Å². The van der Waals surface area contributed by atoms with Crippen molar-refractivity contribution in [1.82, 2.24) is 10.7 Å². The zero-order valence-electron chi connectivity index (χ0n) is 25.3. The van der Waals surface area contributed by atoms with Gasteiger partial charge in [0.2, 0.25) is 5.91 Å². The highest BCUT2D eigenvalue weighted by atomic mass is 16.7. The topological polar surface area (TPSA) is 167 Å². The number of carbonyl (C=O) groups excluding carboxylic acids is 2. The summed E-state index contributed by atoms with van der Waals surface area (Å²) in [6, 6.07) is 0. The van der Waals surface area contributed by atoms with Gasteiger partial charge in [-0.2, -0.15) is 0 Å². The molecule has 6 atom stereocenters. The first-order valence-electron chi connectivity index (χ1n) is 14.5. The number of rotatable bonds is 12. The Bertz CT molecular complexity index is 985. The summed E-state index contributed by atoms with van der Waals surface area (Å²) in [7, 11) is -0.573. The average Bonchev–Trinajstić information content (AvgIpc) is 3.15. The fourth-order valence-electron chi connectivity index (χ4n) is 6.69. The third kappa shape index (κ3) is 7.66. The molecule has 4 N–H and O–H groups in total. The van der Waals surface area contributed by atoms with Gasteiger partial charge in [0, 0.05) is 12.5 Å². The Morgan fingerprint density at radius 1 is 1.25 bits per heavy atom. The molecule has 4 rings (SSSR count). The van der Waals surface area contributed by atoms with Crippen molar-refractivity contribution in [3.63, 3.8) is 0 Å². The SMILES string of the molecule is CC(C)C[C@H](NC(=O)[C@H](CCCN=C(N)N[N+](=O)[O-])CC(=O)OC(C)(C)C)B1O[C@@H]2C[C@@H]3C[C@@H](C3(C)C)[C@]2(C)O1. The molecule has 0 aromatic heterocycles. The van der Waals surface area contributed by atoms with Crippen molar-refractivity contribution in [2.45, 2.75) is 117 Å². The minimum Gasteiger partial charge on any atom is -0.460 e. The Hall–Kier alpha value is -2.41. The van der Waals surface area contributed by atoms with E-state index in [9.17, 15) is 19.7 Å². The Kier molecular flexibility index (Phi) is 9.81. The Balaban J connectivity index is 1.70. The number of nitro groups is 1. The van der Waals surface area contributed by atoms with Crippen LogP contribution < -0.4 is 16.5 Å². The van der Waals surface area contributed by atoms with E-state index in [1.54, 1.807) is 26.2 Å². The lowest BCUT2D eigenvalue weighted by Crippen LogP contribution is -2.65. The predicted octanol–water partition coefficient (Wildman–Crippen LogP) is 3.01. The van der Waals surface area contributed by atoms with E-state index >= 15 is 0 Å². The van der Waals surface area contributed by atoms with E-state index in [1.807, 2.05) is 0 Å². The molecule has 4 fully saturated rings. The van der Waals surface area contributed by atoms with Crippen LogP contribution in [-0.2, 0) is 23.6 Å². The smallest absolute Gasteiger partial charge is 0.460 e. The van der Waals surface area contributed by atoms with Crippen LogP contribution in [0.4, 0.5) is 0 Å². The van der Waals surface area contributed by atoms with Gasteiger partial charge in [-0.15, -0.1) is 0 Å². The van der Waals surface area contributed by atoms with Crippen LogP contribution in [0.3, 0.4) is 0 Å². The standard InChI is InChI=1S/C27H48BN5O7/c1-16(2)12-21(28-39-20-15-18-14-19(26(18,6)7)27(20,8)40-28)31-23(35)17(13-22(34)38-25(3,4)5)10-9-11-30-24(29)32-33(36)37/h16-21H,9-15H2,1-8H3,(H,31,35)(H3,29,30,32)/t17-,18+,19+,20-,21+,27+/m1/s1. The second-order valence-electron chi connectivity index (χ2n) is 13.8. The molecule has 0 aromatic carbocycles. The summed E-state index contributed by atoms with van der Waals surface area (Å²) in [5.74, 6) is -0.845. The van der Waals surface area contributed by atoms with Crippen LogP contribution in [-0.4, -0.2) is 59.8 Å². The van der Waals surface area contributed by atoms with Gasteiger partial charge in [0.15, 0.2) is 5.03 Å². The molecule has 40 heavy (non-hydrogen) atoms. The average molecular weight is 566 g/mol. The number of esters is 1. The Labute approximate surface area is 238 Å². The molecular formula is C27H48BN5O7. The van der Waals surface area contributed by atoms with Crippen LogP contribution in [0.15, 0.2) is 4.99 Å². The molecule has 0 radical (unpaired) electrons. The van der Waals surface area contributed by atoms with Gasteiger partial charge in [-0.1, -0.05) is 33.1 Å². The first-order valence-corrected chi connectivity index (χ1v) is 14.5. The van der Waals surface area contributed by atoms with Crippen LogP contribution in [0.5, 0.6) is 0 Å². The third-order valence-electron chi connectivity index (χ3n) is 8.75. The van der Waals surface area contributed by atoms with E-state index in [4.69, 9.17) is 19.8 Å². The summed E-state index contributed by atoms with van der Waals surface area (Å²) in [6.07, 6.45) is 3.35. The summed E-state index contributed by atoms with van der Waals surface area (Å²) in [5.41, 5.74) is 6.41. The first-order chi connectivity index (χ1) is 18.4. The van der Waals surface area contributed by atoms with Gasteiger partial charge in [0.1, 0.15) is 5.60 Å². The second kappa shape index (κ2) is 12.2. The molecule has 12 nitrogen and oxygen atoms in total. The largest absolute Gasteiger partial charge is 0.481 e. The monoisotopic (exact) mass is 565 g/mol. The molecule has 2 bridgehead atoms. The lowest BCUT2D eigenvalue weighted by molar-refractivity contribution is -0.525. The van der Waals surface area contributed by atoms with Crippen LogP contribution in [0.1, 0.15) is 93.9 Å². The molecule has 0 unspecified atom stereocenters. The molecule has 3 saturated carbocycles. The highest BCUT2D eigenvalue weighted by Gasteiger charge is 2.68. The van der Waals surface area contributed by atoms with Crippen molar-refractivity contribution in [3.05, 3.63) is 10.1 Å². The molecule has 0 aromatic rings. The summed E-state index contributed by atoms with van der Waals surface area (Å²) in [6.45, 7) is 16.4. The molecule has 4 aliphatic rings. The van der Waals surface area contributed by atoms with Gasteiger partial charge in [-0.25, -0.2) is 15.1 Å². The number of hydrogen-bond acceptors (Lipinski definition) is 8. The Morgan fingerprint density at radius 3 is 2.50 bits per heavy atom. The van der Waals surface area contributed by atoms with Gasteiger partial charge in [0.25, 0.3) is 5.96 Å². The molecule has 1 heterocycles. The molecule has 1 amide bonds. The van der Waals surface area contributed by atoms with E-state index in [2.05, 4.69) is 44.9 Å². The number of aliphatic imine (C=N–C) groups is 1. The molecule has 1 aliphatic heterocycles. The normalized spacial score (nSPS) is 28.8. The number of hydrazine groups is 1. The van der Waals surface area contributed by atoms with E-state index in [0.717, 1.165) is 12.8 Å². The van der Waals surface area contributed by atoms with Gasteiger partial charge in [-0.05, 0) is 83.0 Å². The van der Waals surface area contributed by atoms with Crippen LogP contribution in [0, 0.1) is 39.2 Å². The number of carbonyl (C=O) groups is 2. The number of amides is 1. The lowest BCUT2D eigenvalue weighted by Gasteiger charge is -2.64. The molecule has 0 spiro atoms. The maximum Gasteiger partial charge on any atom is 0.481 e. The number of nitrogens with two attached hydrogens (primary N) is 1. The summed E-state index contributed by atoms with van der Waals surface area (Å²) in [4.78, 5) is 40.8. The first kappa shape index (κ1) is 32.1. The highest BCUT2D eigenvalue weighted by molar-refractivity contribution is 6.47. The highest BCUT2D eigenvalue weighted by Crippen LogP contribution is 2.65. The quantitative estimate of drug-likeness (QED) is 0.0613. The van der Waals surface area contributed by atoms with E-state index < -0.39 is 35.2 Å². The predicted molar refractivity (Wildman–Crippen MR) is 151 cm³/mol. The number of nitrogens with one attached hydrogen (secondary N) is 2. The minimum absolute atomic E-state index is 0.00510. The van der Waals surface area contributed by atoms with Crippen molar-refractivity contribution in [2.24, 2.45) is 39.8 Å². The molecular weight excluding hydrogens is 517 g/mol. The molecule has 1 saturated heterocycles. The van der Waals surface area contributed by atoms with Gasteiger partial charge < -0.3 is 25.1 Å². The van der Waals surface area contributed by atoms with Crippen LogP contribution in [0.2, 0.25) is 0 Å². The van der Waals surface area contributed by atoms with Gasteiger partial charge in [0.05, 0.1) is 24.1 Å². The summed E-state index contributed by atoms with van der Waals surface area (Å²) in [5, 5.41) is 12.9. The van der Waals surface area contributed by atoms with Crippen molar-refractivity contribution in [3.8, 4) is 0 Å². The summed E-state index contributed by atoms with van der Waals surface area (Å²) < 4.78 is 18.6. The molecule has 13 heteroatoms. The maximum atomic E-state index is 13.6. The van der Waals surface area contributed by atoms with E-state index in [1.165, 1.54) is 0 Å². The van der Waals surface area contributed by atoms with E-state index in [0.29, 0.717) is 31.1 Å². The van der Waals surface area contributed by atoms with Crippen LogP contribution in [0.25, 0.3) is 0 Å². The fraction of sp³-hybridized carbons (Fsp3) is 0.889. The number of guanidine groups is 1. The van der Waals surface area contributed by atoms with Gasteiger partial charge in [-0.3, -0.25) is 9.59 Å². The fourth-order valence-corrected chi connectivity index (χ4v) is 6.69. The zero-order valence-corrected chi connectivity index (χ0v) is 25.3. The maximum absolute atomic E-state index is 13.6. The van der Waals surface area contributed by atoms with Crippen molar-refractivity contribution < 1.29 is 28.7 Å². The number of nitrogens with zero attached hydrogens (tertiary/aromatic N) is 2. The number of hydrogen-bond donors (Lipinski definition) is 3. The number of ether oxygens (including phenoxy) is 1. The third-order valence-corrected chi connectivity index (χ3v) is 8.75. The van der Waals surface area contributed by atoms with Crippen molar-refractivity contribution in [1.29, 1.82) is 0 Å². The zero-order chi connectivity index (χ0) is 30.0. The lowest BCUT2D eigenvalue weighted by atomic mass is 9.43. The summed E-state index contributed by atoms with van der Waals surface area (Å²) >= 11 is 0.